The molecule has 0 unspecified atom stereocenters. The number of aliphatic carboxylic acids is 1. The average molecular weight is 388 g/mol. The van der Waals surface area contributed by atoms with Crippen molar-refractivity contribution in [2.24, 2.45) is 5.16 Å². The van der Waals surface area contributed by atoms with Crippen molar-refractivity contribution < 1.29 is 29.3 Å². The molecule has 8 nitrogen and oxygen atoms in total. The molecule has 1 saturated heterocycles. The van der Waals surface area contributed by atoms with E-state index in [1.807, 2.05) is 6.07 Å². The minimum Gasteiger partial charge on any atom is -0.493 e. The maximum atomic E-state index is 12.0. The van der Waals surface area contributed by atoms with Gasteiger partial charge in [-0.3, -0.25) is 0 Å². The molecule has 2 aliphatic heterocycles. The fourth-order valence-corrected chi connectivity index (χ4v) is 5.97. The molecule has 4 aliphatic rings. The molecule has 0 aromatic heterocycles. The molecular weight excluding hydrogens is 364 g/mol. The smallest absolute Gasteiger partial charge is 0.344 e. The van der Waals surface area contributed by atoms with Gasteiger partial charge in [0.2, 0.25) is 6.61 Å². The Morgan fingerprint density at radius 3 is 3.00 bits per heavy atom. The summed E-state index contributed by atoms with van der Waals surface area (Å²) in [4.78, 5) is 18.1. The Labute approximate surface area is 162 Å². The Balaban J connectivity index is 1.69. The predicted octanol–water partition coefficient (Wildman–Crippen LogP) is 0.936. The van der Waals surface area contributed by atoms with Crippen molar-refractivity contribution in [3.8, 4) is 11.5 Å². The van der Waals surface area contributed by atoms with E-state index in [9.17, 15) is 9.90 Å². The number of carbonyl (C=O) groups is 1. The molecular formula is C20H24N2O6. The van der Waals surface area contributed by atoms with E-state index in [1.54, 1.807) is 7.11 Å². The zero-order valence-electron chi connectivity index (χ0n) is 16.0. The summed E-state index contributed by atoms with van der Waals surface area (Å²) in [5.41, 5.74) is 1.30. The van der Waals surface area contributed by atoms with Gasteiger partial charge in [-0.15, -0.1) is 0 Å². The summed E-state index contributed by atoms with van der Waals surface area (Å²) < 4.78 is 12.0. The molecule has 1 spiro atoms. The van der Waals surface area contributed by atoms with Crippen molar-refractivity contribution in [1.29, 1.82) is 0 Å². The number of methoxy groups -OCH3 is 1. The number of oxime groups is 1. The van der Waals surface area contributed by atoms with Crippen LogP contribution in [-0.4, -0.2) is 71.8 Å². The number of likely N-dealkylation sites (tertiary alicyclic amines) is 1. The van der Waals surface area contributed by atoms with E-state index in [0.29, 0.717) is 30.1 Å². The number of piperidine rings is 1. The normalized spacial score (nSPS) is 36.6. The lowest BCUT2D eigenvalue weighted by Crippen LogP contribution is -2.76. The van der Waals surface area contributed by atoms with Gasteiger partial charge in [-0.1, -0.05) is 11.2 Å². The summed E-state index contributed by atoms with van der Waals surface area (Å²) in [6.45, 7) is 0.340. The number of nitrogens with zero attached hydrogens (tertiary/aromatic N) is 2. The maximum Gasteiger partial charge on any atom is 0.344 e. The second-order valence-corrected chi connectivity index (χ2v) is 8.22. The third-order valence-electron chi connectivity index (χ3n) is 7.12. The van der Waals surface area contributed by atoms with E-state index in [2.05, 4.69) is 23.2 Å². The second-order valence-electron chi connectivity index (χ2n) is 8.22. The molecule has 2 bridgehead atoms. The van der Waals surface area contributed by atoms with Gasteiger partial charge in [-0.25, -0.2) is 4.79 Å². The standard InChI is InChI=1S/C20H24N2O6/c1-22-8-7-19-16-11-3-4-13(26-2)17(16)28-18(19)12(21-27-10-15(23)24)5-6-20(19,25)14(22)9-11/h3-4,14,18,25H,5-10H2,1-2H3,(H,23,24)/b21-12+/t14-,18+,19+,20-/m1/s1. The number of hydrogen-bond donors (Lipinski definition) is 2. The zero-order valence-corrected chi connectivity index (χ0v) is 16.0. The fraction of sp³-hybridized carbons (Fsp3) is 0.600. The Hall–Kier alpha value is -2.32. The molecule has 2 aliphatic carbocycles. The van der Waals surface area contributed by atoms with Gasteiger partial charge in [0.05, 0.1) is 23.8 Å². The Kier molecular flexibility index (Phi) is 3.70. The van der Waals surface area contributed by atoms with Gasteiger partial charge in [0.15, 0.2) is 17.6 Å². The fourth-order valence-electron chi connectivity index (χ4n) is 5.97. The summed E-state index contributed by atoms with van der Waals surface area (Å²) >= 11 is 0. The van der Waals surface area contributed by atoms with E-state index < -0.39 is 29.7 Å². The van der Waals surface area contributed by atoms with Crippen molar-refractivity contribution >= 4 is 11.7 Å². The van der Waals surface area contributed by atoms with Gasteiger partial charge >= 0.3 is 5.97 Å². The molecule has 2 fully saturated rings. The lowest BCUT2D eigenvalue weighted by atomic mass is 9.49. The van der Waals surface area contributed by atoms with Crippen molar-refractivity contribution in [2.45, 2.75) is 48.8 Å². The van der Waals surface area contributed by atoms with Gasteiger partial charge in [0.1, 0.15) is 0 Å². The lowest BCUT2D eigenvalue weighted by molar-refractivity contribution is -0.161. The topological polar surface area (TPSA) is 101 Å². The molecule has 0 amide bonds. The molecule has 4 atom stereocenters. The Bertz CT molecular complexity index is 886. The third kappa shape index (κ3) is 2.02. The maximum absolute atomic E-state index is 12.0. The number of carboxylic acid groups (broad SMARTS) is 1. The second kappa shape index (κ2) is 5.84. The van der Waals surface area contributed by atoms with Gasteiger partial charge in [-0.2, -0.15) is 0 Å². The minimum absolute atomic E-state index is 0.000632. The summed E-state index contributed by atoms with van der Waals surface area (Å²) in [5.74, 6) is 0.249. The van der Waals surface area contributed by atoms with Crippen LogP contribution in [0.4, 0.5) is 0 Å². The average Bonchev–Trinajstić information content (AvgIpc) is 3.01. The largest absolute Gasteiger partial charge is 0.493 e. The van der Waals surface area contributed by atoms with Gasteiger partial charge < -0.3 is 29.4 Å². The highest BCUT2D eigenvalue weighted by atomic mass is 16.6. The number of benzene rings is 1. The summed E-state index contributed by atoms with van der Waals surface area (Å²) in [6, 6.07) is 3.99. The SMILES string of the molecule is COc1ccc2c3c1O[C@H]1/C(=N/OCC(=O)O)CC[C@@]4(O)[C@@H](C2)N(C)CC[C@]314. The molecule has 2 N–H and O–H groups in total. The molecule has 0 radical (unpaired) electrons. The number of carboxylic acids is 1. The first-order valence-electron chi connectivity index (χ1n) is 9.62. The van der Waals surface area contributed by atoms with Crippen molar-refractivity contribution in [1.82, 2.24) is 4.90 Å². The number of hydrogen-bond acceptors (Lipinski definition) is 7. The van der Waals surface area contributed by atoms with Crippen LogP contribution >= 0.6 is 0 Å². The molecule has 1 saturated carbocycles. The van der Waals surface area contributed by atoms with Crippen LogP contribution in [0.5, 0.6) is 11.5 Å². The number of rotatable bonds is 4. The van der Waals surface area contributed by atoms with Crippen LogP contribution in [0, 0.1) is 0 Å². The first-order chi connectivity index (χ1) is 13.4. The van der Waals surface area contributed by atoms with Crippen LogP contribution < -0.4 is 9.47 Å². The lowest BCUT2D eigenvalue weighted by Gasteiger charge is -2.62. The van der Waals surface area contributed by atoms with Gasteiger partial charge in [0.25, 0.3) is 0 Å². The van der Waals surface area contributed by atoms with Gasteiger partial charge in [-0.05, 0) is 50.9 Å². The van der Waals surface area contributed by atoms with E-state index in [0.717, 1.165) is 24.9 Å². The predicted molar refractivity (Wildman–Crippen MR) is 99.0 cm³/mol. The van der Waals surface area contributed by atoms with Crippen LogP contribution in [0.3, 0.4) is 0 Å². The third-order valence-corrected chi connectivity index (χ3v) is 7.12. The van der Waals surface area contributed by atoms with Crippen LogP contribution in [0.15, 0.2) is 17.3 Å². The van der Waals surface area contributed by atoms with Crippen molar-refractivity contribution in [3.63, 3.8) is 0 Å². The highest BCUT2D eigenvalue weighted by Gasteiger charge is 2.72. The first-order valence-corrected chi connectivity index (χ1v) is 9.62. The van der Waals surface area contributed by atoms with Crippen LogP contribution in [-0.2, 0) is 21.5 Å². The number of aliphatic hydroxyl groups is 1. The van der Waals surface area contributed by atoms with Crippen molar-refractivity contribution in [2.75, 3.05) is 27.3 Å². The van der Waals surface area contributed by atoms with Crippen LogP contribution in [0.25, 0.3) is 0 Å². The molecule has 1 aromatic rings. The molecule has 28 heavy (non-hydrogen) atoms. The Morgan fingerprint density at radius 2 is 2.25 bits per heavy atom. The Morgan fingerprint density at radius 1 is 1.43 bits per heavy atom. The summed E-state index contributed by atoms with van der Waals surface area (Å²) in [6.07, 6.45) is 2.04. The summed E-state index contributed by atoms with van der Waals surface area (Å²) in [7, 11) is 3.67. The van der Waals surface area contributed by atoms with E-state index >= 15 is 0 Å². The highest BCUT2D eigenvalue weighted by Crippen LogP contribution is 2.64. The quantitative estimate of drug-likeness (QED) is 0.740. The molecule has 5 rings (SSSR count). The van der Waals surface area contributed by atoms with Crippen molar-refractivity contribution in [3.05, 3.63) is 23.3 Å². The van der Waals surface area contributed by atoms with Crippen LogP contribution in [0.1, 0.15) is 30.4 Å². The van der Waals surface area contributed by atoms with Crippen LogP contribution in [0.2, 0.25) is 0 Å². The monoisotopic (exact) mass is 388 g/mol. The highest BCUT2D eigenvalue weighted by molar-refractivity contribution is 5.94. The molecule has 8 heteroatoms. The van der Waals surface area contributed by atoms with Gasteiger partial charge in [0, 0.05) is 11.6 Å². The first kappa shape index (κ1) is 17.8. The molecule has 150 valence electrons. The minimum atomic E-state index is -1.08. The van der Waals surface area contributed by atoms with E-state index in [4.69, 9.17) is 19.4 Å². The molecule has 1 aromatic carbocycles. The zero-order chi connectivity index (χ0) is 19.7. The molecule has 2 heterocycles. The number of likely N-dealkylation sites (N-methyl/N-ethyl adjacent to an activating group) is 1. The van der Waals surface area contributed by atoms with E-state index in [1.165, 1.54) is 5.56 Å². The number of ether oxygens (including phenoxy) is 2. The van der Waals surface area contributed by atoms with E-state index in [-0.39, 0.29) is 6.04 Å². The summed E-state index contributed by atoms with van der Waals surface area (Å²) in [5, 5.41) is 25.0.